The van der Waals surface area contributed by atoms with Gasteiger partial charge in [-0.25, -0.2) is 0 Å². The summed E-state index contributed by atoms with van der Waals surface area (Å²) in [6, 6.07) is 0.104. The van der Waals surface area contributed by atoms with Crippen LogP contribution < -0.4 is 11.1 Å². The van der Waals surface area contributed by atoms with Gasteiger partial charge in [-0.05, 0) is 32.2 Å². The molecule has 18 heavy (non-hydrogen) atoms. The summed E-state index contributed by atoms with van der Waals surface area (Å²) in [5.74, 6) is -0.341. The summed E-state index contributed by atoms with van der Waals surface area (Å²) in [6.07, 6.45) is 7.39. The molecular formula is C13H23N3O2. The van der Waals surface area contributed by atoms with Crippen molar-refractivity contribution in [1.82, 2.24) is 10.2 Å². The Labute approximate surface area is 108 Å². The van der Waals surface area contributed by atoms with Crippen molar-refractivity contribution in [1.29, 1.82) is 0 Å². The second kappa shape index (κ2) is 6.18. The van der Waals surface area contributed by atoms with Crippen LogP contribution in [0.1, 0.15) is 44.9 Å². The summed E-state index contributed by atoms with van der Waals surface area (Å²) in [6.45, 7) is 0.965. The van der Waals surface area contributed by atoms with Crippen LogP contribution in [0.25, 0.3) is 0 Å². The molecule has 2 amide bonds. The quantitative estimate of drug-likeness (QED) is 0.761. The predicted octanol–water partition coefficient (Wildman–Crippen LogP) is 0.385. The highest BCUT2D eigenvalue weighted by Crippen LogP contribution is 2.24. The monoisotopic (exact) mass is 253 g/mol. The van der Waals surface area contributed by atoms with Crippen molar-refractivity contribution in [2.45, 2.75) is 57.0 Å². The number of amides is 2. The van der Waals surface area contributed by atoms with Gasteiger partial charge in [-0.2, -0.15) is 0 Å². The summed E-state index contributed by atoms with van der Waals surface area (Å²) in [4.78, 5) is 25.4. The SMILES string of the molecule is NC(=O)CN(C(=O)[C@@H]1CCCCN1)C1CCCC1. The highest BCUT2D eigenvalue weighted by molar-refractivity contribution is 5.87. The summed E-state index contributed by atoms with van der Waals surface area (Å²) >= 11 is 0. The Morgan fingerprint density at radius 2 is 1.78 bits per heavy atom. The van der Waals surface area contributed by atoms with Gasteiger partial charge in [0.05, 0.1) is 12.6 Å². The van der Waals surface area contributed by atoms with E-state index in [2.05, 4.69) is 5.32 Å². The lowest BCUT2D eigenvalue weighted by Gasteiger charge is -2.33. The fraction of sp³-hybridized carbons (Fsp3) is 0.846. The fourth-order valence-electron chi connectivity index (χ4n) is 3.03. The molecule has 102 valence electrons. The highest BCUT2D eigenvalue weighted by Gasteiger charge is 2.32. The molecule has 0 bridgehead atoms. The van der Waals surface area contributed by atoms with Crippen molar-refractivity contribution in [3.8, 4) is 0 Å². The Morgan fingerprint density at radius 1 is 1.11 bits per heavy atom. The van der Waals surface area contributed by atoms with Gasteiger partial charge in [0.1, 0.15) is 0 Å². The first kappa shape index (κ1) is 13.3. The van der Waals surface area contributed by atoms with E-state index >= 15 is 0 Å². The molecule has 0 spiro atoms. The number of carbonyl (C=O) groups is 2. The van der Waals surface area contributed by atoms with Crippen LogP contribution in [0.15, 0.2) is 0 Å². The molecule has 5 heteroatoms. The zero-order chi connectivity index (χ0) is 13.0. The molecule has 0 radical (unpaired) electrons. The maximum absolute atomic E-state index is 12.5. The average molecular weight is 253 g/mol. The van der Waals surface area contributed by atoms with E-state index in [1.54, 1.807) is 4.90 Å². The van der Waals surface area contributed by atoms with Crippen LogP contribution in [-0.2, 0) is 9.59 Å². The molecule has 5 nitrogen and oxygen atoms in total. The van der Waals surface area contributed by atoms with Gasteiger partial charge in [0.2, 0.25) is 11.8 Å². The maximum atomic E-state index is 12.5. The maximum Gasteiger partial charge on any atom is 0.240 e. The van der Waals surface area contributed by atoms with E-state index in [9.17, 15) is 9.59 Å². The van der Waals surface area contributed by atoms with Crippen molar-refractivity contribution in [2.24, 2.45) is 5.73 Å². The number of rotatable bonds is 4. The minimum Gasteiger partial charge on any atom is -0.368 e. The average Bonchev–Trinajstić information content (AvgIpc) is 2.89. The minimum absolute atomic E-state index is 0.0698. The van der Waals surface area contributed by atoms with E-state index in [1.807, 2.05) is 0 Å². The van der Waals surface area contributed by atoms with Gasteiger partial charge in [-0.3, -0.25) is 9.59 Å². The first-order valence-corrected chi connectivity index (χ1v) is 7.00. The number of primary amides is 1. The number of nitrogens with zero attached hydrogens (tertiary/aromatic N) is 1. The summed E-state index contributed by atoms with van der Waals surface area (Å²) < 4.78 is 0. The Bertz CT molecular complexity index is 307. The molecule has 2 aliphatic rings. The molecule has 0 aromatic carbocycles. The first-order valence-electron chi connectivity index (χ1n) is 7.00. The van der Waals surface area contributed by atoms with Gasteiger partial charge in [-0.15, -0.1) is 0 Å². The molecule has 1 heterocycles. The van der Waals surface area contributed by atoms with Crippen LogP contribution in [0, 0.1) is 0 Å². The van der Waals surface area contributed by atoms with Gasteiger partial charge in [0, 0.05) is 6.04 Å². The van der Waals surface area contributed by atoms with Crippen LogP contribution in [0.3, 0.4) is 0 Å². The largest absolute Gasteiger partial charge is 0.368 e. The molecule has 2 fully saturated rings. The first-order chi connectivity index (χ1) is 8.68. The standard InChI is InChI=1S/C13H23N3O2/c14-12(17)9-16(10-5-1-2-6-10)13(18)11-7-3-4-8-15-11/h10-11,15H,1-9H2,(H2,14,17)/t11-/m0/s1. The van der Waals surface area contributed by atoms with Crippen LogP contribution in [0.4, 0.5) is 0 Å². The van der Waals surface area contributed by atoms with Crippen molar-refractivity contribution < 1.29 is 9.59 Å². The molecule has 1 saturated carbocycles. The third-order valence-electron chi connectivity index (χ3n) is 3.98. The van der Waals surface area contributed by atoms with E-state index in [4.69, 9.17) is 5.73 Å². The number of nitrogens with one attached hydrogen (secondary N) is 1. The normalized spacial score (nSPS) is 25.0. The number of carbonyl (C=O) groups excluding carboxylic acids is 2. The van der Waals surface area contributed by atoms with Gasteiger partial charge in [0.25, 0.3) is 0 Å². The van der Waals surface area contributed by atoms with Gasteiger partial charge in [0.15, 0.2) is 0 Å². The predicted molar refractivity (Wildman–Crippen MR) is 68.8 cm³/mol. The number of nitrogens with two attached hydrogens (primary N) is 1. The smallest absolute Gasteiger partial charge is 0.240 e. The lowest BCUT2D eigenvalue weighted by molar-refractivity contribution is -0.139. The van der Waals surface area contributed by atoms with E-state index in [-0.39, 0.29) is 24.5 Å². The molecular weight excluding hydrogens is 230 g/mol. The van der Waals surface area contributed by atoms with Crippen molar-refractivity contribution in [2.75, 3.05) is 13.1 Å². The summed E-state index contributed by atoms with van der Waals surface area (Å²) in [7, 11) is 0. The molecule has 0 aromatic heterocycles. The summed E-state index contributed by atoms with van der Waals surface area (Å²) in [5, 5.41) is 3.25. The highest BCUT2D eigenvalue weighted by atomic mass is 16.2. The molecule has 1 aliphatic carbocycles. The van der Waals surface area contributed by atoms with E-state index < -0.39 is 5.91 Å². The van der Waals surface area contributed by atoms with Gasteiger partial charge in [-0.1, -0.05) is 19.3 Å². The van der Waals surface area contributed by atoms with Crippen LogP contribution in [-0.4, -0.2) is 41.9 Å². The molecule has 1 saturated heterocycles. The Hall–Kier alpha value is -1.10. The topological polar surface area (TPSA) is 75.4 Å². The Balaban J connectivity index is 2.01. The van der Waals surface area contributed by atoms with E-state index in [0.29, 0.717) is 0 Å². The molecule has 2 rings (SSSR count). The lowest BCUT2D eigenvalue weighted by Crippen LogP contribution is -2.53. The van der Waals surface area contributed by atoms with Crippen molar-refractivity contribution in [3.05, 3.63) is 0 Å². The number of hydrogen-bond acceptors (Lipinski definition) is 3. The molecule has 1 atom stereocenters. The Kier molecular flexibility index (Phi) is 4.58. The fourth-order valence-corrected chi connectivity index (χ4v) is 3.03. The second-order valence-corrected chi connectivity index (χ2v) is 5.37. The third kappa shape index (κ3) is 3.22. The third-order valence-corrected chi connectivity index (χ3v) is 3.98. The zero-order valence-corrected chi connectivity index (χ0v) is 10.9. The second-order valence-electron chi connectivity index (χ2n) is 5.37. The van der Waals surface area contributed by atoms with Crippen molar-refractivity contribution >= 4 is 11.8 Å². The van der Waals surface area contributed by atoms with Crippen LogP contribution in [0.2, 0.25) is 0 Å². The van der Waals surface area contributed by atoms with Crippen LogP contribution in [0.5, 0.6) is 0 Å². The molecule has 3 N–H and O–H groups in total. The van der Waals surface area contributed by atoms with Crippen molar-refractivity contribution in [3.63, 3.8) is 0 Å². The summed E-state index contributed by atoms with van der Waals surface area (Å²) in [5.41, 5.74) is 5.28. The van der Waals surface area contributed by atoms with Crippen LogP contribution >= 0.6 is 0 Å². The molecule has 0 unspecified atom stereocenters. The van der Waals surface area contributed by atoms with E-state index in [1.165, 1.54) is 0 Å². The number of piperidine rings is 1. The van der Waals surface area contributed by atoms with Gasteiger partial charge >= 0.3 is 0 Å². The number of hydrogen-bond donors (Lipinski definition) is 2. The molecule has 1 aliphatic heterocycles. The lowest BCUT2D eigenvalue weighted by atomic mass is 10.0. The van der Waals surface area contributed by atoms with E-state index in [0.717, 1.165) is 51.5 Å². The minimum atomic E-state index is -0.411. The van der Waals surface area contributed by atoms with Gasteiger partial charge < -0.3 is 16.0 Å². The molecule has 0 aromatic rings. The Morgan fingerprint density at radius 3 is 2.33 bits per heavy atom. The zero-order valence-electron chi connectivity index (χ0n) is 10.9.